The molecule has 2 aromatic rings. The molecule has 3 rings (SSSR count). The number of aromatic nitrogens is 2. The average molecular weight is 239 g/mol. The van der Waals surface area contributed by atoms with Gasteiger partial charge in [0.1, 0.15) is 0 Å². The van der Waals surface area contributed by atoms with Gasteiger partial charge in [0.2, 0.25) is 5.90 Å². The Hall–Kier alpha value is -2.69. The highest BCUT2D eigenvalue weighted by molar-refractivity contribution is 6.12. The number of rotatable bonds is 2. The lowest BCUT2D eigenvalue weighted by molar-refractivity contribution is -0.129. The number of hydrogen-bond donors (Lipinski definition) is 1. The molecule has 0 radical (unpaired) electrons. The molecule has 0 saturated carbocycles. The zero-order chi connectivity index (χ0) is 12.4. The fraction of sp³-hybridized carbons (Fsp3) is 0. The van der Waals surface area contributed by atoms with E-state index in [4.69, 9.17) is 4.74 Å². The highest BCUT2D eigenvalue weighted by Gasteiger charge is 2.23. The molecule has 5 nitrogen and oxygen atoms in total. The standard InChI is InChI=1S/C13H9N3O2/c17-13-11(6-10-7-14-8-15-10)16-12(18-13)9-4-2-1-3-5-9/h1-8H,(H,14,15)/b11-6-. The average Bonchev–Trinajstić information content (AvgIpc) is 3.02. The van der Waals surface area contributed by atoms with Crippen LogP contribution >= 0.6 is 0 Å². The number of hydrogen-bond acceptors (Lipinski definition) is 4. The number of imidazole rings is 1. The number of cyclic esters (lactones) is 1. The Balaban J connectivity index is 1.95. The smallest absolute Gasteiger partial charge is 0.363 e. The number of benzene rings is 1. The number of aliphatic imine (C=N–C) groups is 1. The van der Waals surface area contributed by atoms with Gasteiger partial charge in [-0.2, -0.15) is 0 Å². The van der Waals surface area contributed by atoms with Gasteiger partial charge in [-0.3, -0.25) is 0 Å². The van der Waals surface area contributed by atoms with Crippen molar-refractivity contribution in [3.8, 4) is 0 Å². The Kier molecular flexibility index (Phi) is 2.49. The van der Waals surface area contributed by atoms with Gasteiger partial charge in [0.25, 0.3) is 0 Å². The monoisotopic (exact) mass is 239 g/mol. The van der Waals surface area contributed by atoms with Crippen LogP contribution in [0, 0.1) is 0 Å². The van der Waals surface area contributed by atoms with E-state index in [9.17, 15) is 4.79 Å². The van der Waals surface area contributed by atoms with Crippen LogP contribution in [0.1, 0.15) is 11.3 Å². The van der Waals surface area contributed by atoms with Crippen molar-refractivity contribution in [1.29, 1.82) is 0 Å². The van der Waals surface area contributed by atoms with Gasteiger partial charge in [0.15, 0.2) is 5.70 Å². The summed E-state index contributed by atoms with van der Waals surface area (Å²) < 4.78 is 5.12. The predicted octanol–water partition coefficient (Wildman–Crippen LogP) is 1.75. The molecule has 5 heteroatoms. The molecule has 0 atom stereocenters. The molecule has 1 aromatic carbocycles. The molecule has 1 aliphatic rings. The number of nitrogens with zero attached hydrogens (tertiary/aromatic N) is 2. The second-order valence-electron chi connectivity index (χ2n) is 3.71. The Bertz CT molecular complexity index is 628. The minimum Gasteiger partial charge on any atom is -0.402 e. The third-order valence-corrected chi connectivity index (χ3v) is 2.45. The van der Waals surface area contributed by atoms with Gasteiger partial charge in [0.05, 0.1) is 18.2 Å². The van der Waals surface area contributed by atoms with Gasteiger partial charge in [-0.25, -0.2) is 14.8 Å². The van der Waals surface area contributed by atoms with Gasteiger partial charge in [-0.1, -0.05) is 18.2 Å². The topological polar surface area (TPSA) is 67.3 Å². The number of nitrogens with one attached hydrogen (secondary N) is 1. The summed E-state index contributed by atoms with van der Waals surface area (Å²) in [5.74, 6) is -0.130. The summed E-state index contributed by atoms with van der Waals surface area (Å²) in [6.45, 7) is 0. The van der Waals surface area contributed by atoms with Crippen molar-refractivity contribution in [3.05, 3.63) is 59.8 Å². The summed E-state index contributed by atoms with van der Waals surface area (Å²) in [6.07, 6.45) is 4.75. The van der Waals surface area contributed by atoms with Crippen molar-refractivity contribution < 1.29 is 9.53 Å². The van der Waals surface area contributed by atoms with Crippen LogP contribution in [-0.2, 0) is 9.53 Å². The molecule has 0 unspecified atom stereocenters. The van der Waals surface area contributed by atoms with E-state index in [0.29, 0.717) is 11.6 Å². The Morgan fingerprint density at radius 2 is 2.06 bits per heavy atom. The zero-order valence-electron chi connectivity index (χ0n) is 9.33. The van der Waals surface area contributed by atoms with Crippen LogP contribution in [0.3, 0.4) is 0 Å². The molecule has 0 fully saturated rings. The number of ether oxygens (including phenoxy) is 1. The molecule has 0 amide bonds. The van der Waals surface area contributed by atoms with E-state index in [2.05, 4.69) is 15.0 Å². The van der Waals surface area contributed by atoms with E-state index >= 15 is 0 Å². The summed E-state index contributed by atoms with van der Waals surface area (Å²) in [5.41, 5.74) is 1.75. The molecule has 1 aromatic heterocycles. The van der Waals surface area contributed by atoms with Crippen molar-refractivity contribution in [1.82, 2.24) is 9.97 Å². The molecule has 0 bridgehead atoms. The van der Waals surface area contributed by atoms with E-state index in [0.717, 1.165) is 5.56 Å². The maximum absolute atomic E-state index is 11.6. The minimum absolute atomic E-state index is 0.262. The molecule has 2 heterocycles. The molecular weight excluding hydrogens is 230 g/mol. The van der Waals surface area contributed by atoms with Crippen molar-refractivity contribution in [2.75, 3.05) is 0 Å². The molecule has 0 aliphatic carbocycles. The number of H-pyrrole nitrogens is 1. The maximum atomic E-state index is 11.6. The van der Waals surface area contributed by atoms with Crippen LogP contribution in [0.5, 0.6) is 0 Å². The van der Waals surface area contributed by atoms with Gasteiger partial charge >= 0.3 is 5.97 Å². The van der Waals surface area contributed by atoms with Crippen molar-refractivity contribution in [2.45, 2.75) is 0 Å². The molecule has 1 aliphatic heterocycles. The van der Waals surface area contributed by atoms with Crippen LogP contribution in [0.4, 0.5) is 0 Å². The van der Waals surface area contributed by atoms with Crippen LogP contribution in [0.25, 0.3) is 6.08 Å². The predicted molar refractivity (Wildman–Crippen MR) is 65.6 cm³/mol. The Labute approximate surface area is 103 Å². The maximum Gasteiger partial charge on any atom is 0.363 e. The number of aromatic amines is 1. The second kappa shape index (κ2) is 4.29. The highest BCUT2D eigenvalue weighted by atomic mass is 16.6. The first-order valence-electron chi connectivity index (χ1n) is 5.39. The summed E-state index contributed by atoms with van der Waals surface area (Å²) in [5, 5.41) is 0. The van der Waals surface area contributed by atoms with E-state index in [1.54, 1.807) is 12.3 Å². The van der Waals surface area contributed by atoms with Crippen LogP contribution in [0.15, 0.2) is 53.5 Å². The largest absolute Gasteiger partial charge is 0.402 e. The summed E-state index contributed by atoms with van der Waals surface area (Å²) >= 11 is 0. The van der Waals surface area contributed by atoms with E-state index < -0.39 is 5.97 Å². The normalized spacial score (nSPS) is 16.8. The first kappa shape index (κ1) is 10.5. The third-order valence-electron chi connectivity index (χ3n) is 2.45. The molecular formula is C13H9N3O2. The Morgan fingerprint density at radius 3 is 2.78 bits per heavy atom. The Morgan fingerprint density at radius 1 is 1.22 bits per heavy atom. The molecule has 0 saturated heterocycles. The fourth-order valence-corrected chi connectivity index (χ4v) is 1.61. The van der Waals surface area contributed by atoms with Crippen molar-refractivity contribution in [3.63, 3.8) is 0 Å². The lowest BCUT2D eigenvalue weighted by atomic mass is 10.2. The van der Waals surface area contributed by atoms with Gasteiger partial charge < -0.3 is 9.72 Å². The van der Waals surface area contributed by atoms with Gasteiger partial charge in [-0.15, -0.1) is 0 Å². The number of esters is 1. The first-order valence-corrected chi connectivity index (χ1v) is 5.39. The fourth-order valence-electron chi connectivity index (χ4n) is 1.61. The van der Waals surface area contributed by atoms with E-state index in [-0.39, 0.29) is 5.70 Å². The lowest BCUT2D eigenvalue weighted by Crippen LogP contribution is -2.04. The molecule has 0 spiro atoms. The van der Waals surface area contributed by atoms with Crippen LogP contribution < -0.4 is 0 Å². The van der Waals surface area contributed by atoms with Crippen molar-refractivity contribution >= 4 is 17.9 Å². The number of carbonyl (C=O) groups is 1. The second-order valence-corrected chi connectivity index (χ2v) is 3.71. The summed E-state index contributed by atoms with van der Waals surface area (Å²) in [4.78, 5) is 22.6. The lowest BCUT2D eigenvalue weighted by Gasteiger charge is -1.97. The van der Waals surface area contributed by atoms with Gasteiger partial charge in [-0.05, 0) is 18.2 Å². The van der Waals surface area contributed by atoms with E-state index in [1.165, 1.54) is 6.33 Å². The third kappa shape index (κ3) is 1.93. The molecule has 1 N–H and O–H groups in total. The minimum atomic E-state index is -0.455. The SMILES string of the molecule is O=C1OC(c2ccccc2)=N/C1=C\c1cnc[nH]1. The first-order chi connectivity index (χ1) is 8.83. The van der Waals surface area contributed by atoms with Crippen LogP contribution in [0.2, 0.25) is 0 Å². The van der Waals surface area contributed by atoms with Crippen LogP contribution in [-0.4, -0.2) is 21.8 Å². The molecule has 88 valence electrons. The highest BCUT2D eigenvalue weighted by Crippen LogP contribution is 2.17. The van der Waals surface area contributed by atoms with E-state index in [1.807, 2.05) is 30.3 Å². The number of carbonyl (C=O) groups excluding carboxylic acids is 1. The quantitative estimate of drug-likeness (QED) is 0.641. The zero-order valence-corrected chi connectivity index (χ0v) is 9.33. The molecule has 18 heavy (non-hydrogen) atoms. The summed E-state index contributed by atoms with van der Waals surface area (Å²) in [7, 11) is 0. The van der Waals surface area contributed by atoms with Gasteiger partial charge in [0, 0.05) is 5.56 Å². The summed E-state index contributed by atoms with van der Waals surface area (Å²) in [6, 6.07) is 9.29. The van der Waals surface area contributed by atoms with Crippen molar-refractivity contribution in [2.24, 2.45) is 4.99 Å².